The lowest BCUT2D eigenvalue weighted by atomic mass is 10.1. The van der Waals surface area contributed by atoms with Crippen LogP contribution < -0.4 is 5.73 Å². The Hall–Kier alpha value is -0.160. The molecule has 0 spiro atoms. The third-order valence-corrected chi connectivity index (χ3v) is 3.24. The lowest BCUT2D eigenvalue weighted by Crippen LogP contribution is -2.27. The van der Waals surface area contributed by atoms with Crippen LogP contribution in [0, 0.1) is 5.92 Å². The Balaban J connectivity index is 2.27. The van der Waals surface area contributed by atoms with E-state index in [1.807, 2.05) is 0 Å². The number of likely N-dealkylation sites (tertiary alicyclic amines) is 1. The highest BCUT2D eigenvalue weighted by Crippen LogP contribution is 2.16. The van der Waals surface area contributed by atoms with Gasteiger partial charge in [-0.2, -0.15) is 0 Å². The van der Waals surface area contributed by atoms with Gasteiger partial charge in [-0.15, -0.1) is 0 Å². The van der Waals surface area contributed by atoms with E-state index in [2.05, 4.69) is 11.8 Å². The summed E-state index contributed by atoms with van der Waals surface area (Å²) in [5.41, 5.74) is 5.60. The molecule has 90 valence electrons. The van der Waals surface area contributed by atoms with Crippen LogP contribution in [-0.4, -0.2) is 57.5 Å². The van der Waals surface area contributed by atoms with Gasteiger partial charge in [0.1, 0.15) is 0 Å². The Labute approximate surface area is 92.7 Å². The summed E-state index contributed by atoms with van der Waals surface area (Å²) in [7, 11) is 3.51. The molecule has 0 saturated carbocycles. The van der Waals surface area contributed by atoms with Gasteiger partial charge in [-0.3, -0.25) is 4.90 Å². The van der Waals surface area contributed by atoms with Crippen molar-refractivity contribution in [1.82, 2.24) is 4.90 Å². The van der Waals surface area contributed by atoms with E-state index in [0.717, 1.165) is 32.6 Å². The minimum absolute atomic E-state index is 0.225. The van der Waals surface area contributed by atoms with E-state index in [9.17, 15) is 0 Å². The minimum Gasteiger partial charge on any atom is -0.377 e. The molecule has 4 nitrogen and oxygen atoms in total. The van der Waals surface area contributed by atoms with Crippen LogP contribution in [0.15, 0.2) is 0 Å². The Morgan fingerprint density at radius 3 is 2.20 bits per heavy atom. The van der Waals surface area contributed by atoms with E-state index in [1.54, 1.807) is 14.2 Å². The maximum Gasteiger partial charge on any atom is 0.0971 e. The van der Waals surface area contributed by atoms with E-state index in [4.69, 9.17) is 15.2 Å². The molecule has 1 fully saturated rings. The summed E-state index contributed by atoms with van der Waals surface area (Å²) in [4.78, 5) is 2.40. The van der Waals surface area contributed by atoms with Gasteiger partial charge in [0.25, 0.3) is 0 Å². The highest BCUT2D eigenvalue weighted by molar-refractivity contribution is 4.85. The quantitative estimate of drug-likeness (QED) is 0.694. The molecule has 1 saturated heterocycles. The van der Waals surface area contributed by atoms with Crippen LogP contribution in [0.5, 0.6) is 0 Å². The second-order valence-electron chi connectivity index (χ2n) is 4.44. The SMILES string of the molecule is COC1CN(CCC(C)CN)CC1OC. The van der Waals surface area contributed by atoms with Crippen LogP contribution in [0.4, 0.5) is 0 Å². The van der Waals surface area contributed by atoms with Gasteiger partial charge in [0.15, 0.2) is 0 Å². The van der Waals surface area contributed by atoms with Crippen LogP contribution in [-0.2, 0) is 9.47 Å². The summed E-state index contributed by atoms with van der Waals surface area (Å²) >= 11 is 0. The molecular formula is C11H24N2O2. The Morgan fingerprint density at radius 2 is 1.80 bits per heavy atom. The number of methoxy groups -OCH3 is 2. The largest absolute Gasteiger partial charge is 0.377 e. The summed E-state index contributed by atoms with van der Waals surface area (Å²) in [5, 5.41) is 0. The van der Waals surface area contributed by atoms with Gasteiger partial charge < -0.3 is 15.2 Å². The molecule has 1 aliphatic rings. The van der Waals surface area contributed by atoms with E-state index >= 15 is 0 Å². The van der Waals surface area contributed by atoms with Crippen molar-refractivity contribution < 1.29 is 9.47 Å². The fourth-order valence-corrected chi connectivity index (χ4v) is 1.97. The molecule has 0 radical (unpaired) electrons. The van der Waals surface area contributed by atoms with Crippen molar-refractivity contribution in [3.05, 3.63) is 0 Å². The van der Waals surface area contributed by atoms with Crippen LogP contribution in [0.25, 0.3) is 0 Å². The molecule has 3 atom stereocenters. The molecule has 4 heteroatoms. The molecule has 0 bridgehead atoms. The Morgan fingerprint density at radius 1 is 1.27 bits per heavy atom. The zero-order chi connectivity index (χ0) is 11.3. The highest BCUT2D eigenvalue weighted by Gasteiger charge is 2.32. The number of hydrogen-bond acceptors (Lipinski definition) is 4. The molecule has 1 rings (SSSR count). The fourth-order valence-electron chi connectivity index (χ4n) is 1.97. The van der Waals surface area contributed by atoms with Crippen molar-refractivity contribution in [3.8, 4) is 0 Å². The number of ether oxygens (including phenoxy) is 2. The number of hydrogen-bond donors (Lipinski definition) is 1. The smallest absolute Gasteiger partial charge is 0.0971 e. The van der Waals surface area contributed by atoms with Gasteiger partial charge in [0.2, 0.25) is 0 Å². The van der Waals surface area contributed by atoms with Crippen molar-refractivity contribution in [1.29, 1.82) is 0 Å². The standard InChI is InChI=1S/C11H24N2O2/c1-9(6-12)4-5-13-7-10(14-2)11(8-13)15-3/h9-11H,4-8,12H2,1-3H3. The lowest BCUT2D eigenvalue weighted by Gasteiger charge is -2.17. The van der Waals surface area contributed by atoms with E-state index in [1.165, 1.54) is 0 Å². The van der Waals surface area contributed by atoms with Crippen molar-refractivity contribution >= 4 is 0 Å². The lowest BCUT2D eigenvalue weighted by molar-refractivity contribution is -0.00461. The molecule has 0 aromatic rings. The van der Waals surface area contributed by atoms with Crippen molar-refractivity contribution in [2.45, 2.75) is 25.6 Å². The first kappa shape index (κ1) is 12.9. The van der Waals surface area contributed by atoms with Gasteiger partial charge in [-0.05, 0) is 25.4 Å². The topological polar surface area (TPSA) is 47.7 Å². The normalized spacial score (nSPS) is 29.6. The monoisotopic (exact) mass is 216 g/mol. The molecule has 0 aliphatic carbocycles. The van der Waals surface area contributed by atoms with Crippen LogP contribution in [0.1, 0.15) is 13.3 Å². The summed E-state index contributed by atoms with van der Waals surface area (Å²) in [6.45, 7) is 6.02. The molecule has 1 aliphatic heterocycles. The molecule has 0 aromatic heterocycles. The molecular weight excluding hydrogens is 192 g/mol. The van der Waals surface area contributed by atoms with Gasteiger partial charge in [-0.25, -0.2) is 0 Å². The van der Waals surface area contributed by atoms with Crippen molar-refractivity contribution in [2.24, 2.45) is 11.7 Å². The molecule has 1 heterocycles. The second-order valence-corrected chi connectivity index (χ2v) is 4.44. The molecule has 15 heavy (non-hydrogen) atoms. The van der Waals surface area contributed by atoms with E-state index in [0.29, 0.717) is 5.92 Å². The molecule has 0 aromatic carbocycles. The third kappa shape index (κ3) is 3.72. The van der Waals surface area contributed by atoms with Crippen molar-refractivity contribution in [3.63, 3.8) is 0 Å². The number of nitrogens with zero attached hydrogens (tertiary/aromatic N) is 1. The van der Waals surface area contributed by atoms with Crippen LogP contribution in [0.2, 0.25) is 0 Å². The first-order chi connectivity index (χ1) is 7.21. The highest BCUT2D eigenvalue weighted by atomic mass is 16.5. The van der Waals surface area contributed by atoms with E-state index in [-0.39, 0.29) is 12.2 Å². The molecule has 2 N–H and O–H groups in total. The van der Waals surface area contributed by atoms with Crippen LogP contribution in [0.3, 0.4) is 0 Å². The van der Waals surface area contributed by atoms with Crippen molar-refractivity contribution in [2.75, 3.05) is 40.4 Å². The average molecular weight is 216 g/mol. The predicted molar refractivity (Wildman–Crippen MR) is 60.9 cm³/mol. The predicted octanol–water partition coefficient (Wildman–Crippen LogP) is 0.317. The Kier molecular flexibility index (Phi) is 5.53. The average Bonchev–Trinajstić information content (AvgIpc) is 2.68. The maximum absolute atomic E-state index is 5.60. The first-order valence-electron chi connectivity index (χ1n) is 5.69. The summed E-state index contributed by atoms with van der Waals surface area (Å²) < 4.78 is 10.8. The van der Waals surface area contributed by atoms with Gasteiger partial charge >= 0.3 is 0 Å². The Bertz CT molecular complexity index is 166. The van der Waals surface area contributed by atoms with E-state index < -0.39 is 0 Å². The summed E-state index contributed by atoms with van der Waals surface area (Å²) in [6, 6.07) is 0. The molecule has 0 amide bonds. The fraction of sp³-hybridized carbons (Fsp3) is 1.00. The molecule has 3 unspecified atom stereocenters. The maximum atomic E-state index is 5.60. The number of nitrogens with two attached hydrogens (primary N) is 1. The zero-order valence-electron chi connectivity index (χ0n) is 10.1. The van der Waals surface area contributed by atoms with Crippen LogP contribution >= 0.6 is 0 Å². The first-order valence-corrected chi connectivity index (χ1v) is 5.69. The third-order valence-electron chi connectivity index (χ3n) is 3.24. The zero-order valence-corrected chi connectivity index (χ0v) is 10.1. The minimum atomic E-state index is 0.225. The van der Waals surface area contributed by atoms with Gasteiger partial charge in [-0.1, -0.05) is 6.92 Å². The number of rotatable bonds is 6. The second kappa shape index (κ2) is 6.43. The summed E-state index contributed by atoms with van der Waals surface area (Å²) in [5.74, 6) is 0.604. The summed E-state index contributed by atoms with van der Waals surface area (Å²) in [6.07, 6.45) is 1.61. The van der Waals surface area contributed by atoms with Gasteiger partial charge in [0.05, 0.1) is 12.2 Å². The van der Waals surface area contributed by atoms with Gasteiger partial charge in [0, 0.05) is 27.3 Å².